The van der Waals surface area contributed by atoms with Gasteiger partial charge in [0.25, 0.3) is 5.56 Å². The van der Waals surface area contributed by atoms with Crippen LogP contribution in [0.2, 0.25) is 5.02 Å². The number of fused-ring (bicyclic) bond motifs is 1. The van der Waals surface area contributed by atoms with Crippen molar-refractivity contribution in [3.63, 3.8) is 0 Å². The molecule has 0 saturated carbocycles. The third-order valence-electron chi connectivity index (χ3n) is 6.12. The minimum atomic E-state index is -0.0277. The number of rotatable bonds is 5. The van der Waals surface area contributed by atoms with E-state index >= 15 is 0 Å². The number of hydrogen-bond acceptors (Lipinski definition) is 4. The number of aromatic hydroxyl groups is 1. The summed E-state index contributed by atoms with van der Waals surface area (Å²) in [6, 6.07) is 20.8. The van der Waals surface area contributed by atoms with Gasteiger partial charge in [-0.2, -0.15) is 0 Å². The Hall–Kier alpha value is -3.41. The third kappa shape index (κ3) is 4.56. The SMILES string of the molecule is O=c1c(-c2ccccc2Cl)cc2c(n1Cc1ccncc1)CCN(Cc1cccc(O)c1)C2. The second-order valence-electron chi connectivity index (χ2n) is 8.39. The molecule has 0 unspecified atom stereocenters. The van der Waals surface area contributed by atoms with Crippen LogP contribution in [0.5, 0.6) is 5.75 Å². The lowest BCUT2D eigenvalue weighted by Gasteiger charge is -2.31. The topological polar surface area (TPSA) is 58.4 Å². The molecule has 0 amide bonds. The lowest BCUT2D eigenvalue weighted by molar-refractivity contribution is 0.240. The highest BCUT2D eigenvalue weighted by Gasteiger charge is 2.23. The van der Waals surface area contributed by atoms with Crippen molar-refractivity contribution in [3.8, 4) is 16.9 Å². The fourth-order valence-corrected chi connectivity index (χ4v) is 4.77. The van der Waals surface area contributed by atoms with Crippen molar-refractivity contribution in [2.24, 2.45) is 0 Å². The van der Waals surface area contributed by atoms with Crippen molar-refractivity contribution in [2.45, 2.75) is 26.1 Å². The van der Waals surface area contributed by atoms with Gasteiger partial charge in [-0.1, -0.05) is 41.9 Å². The predicted molar refractivity (Wildman–Crippen MR) is 130 cm³/mol. The first kappa shape index (κ1) is 21.4. The number of nitrogens with zero attached hydrogens (tertiary/aromatic N) is 3. The maximum Gasteiger partial charge on any atom is 0.259 e. The normalized spacial score (nSPS) is 13.6. The van der Waals surface area contributed by atoms with Crippen LogP contribution in [0.1, 0.15) is 22.4 Å². The van der Waals surface area contributed by atoms with Crippen LogP contribution in [0.3, 0.4) is 0 Å². The monoisotopic (exact) mass is 457 g/mol. The number of phenols is 1. The van der Waals surface area contributed by atoms with Gasteiger partial charge < -0.3 is 9.67 Å². The Morgan fingerprint density at radius 2 is 1.73 bits per heavy atom. The molecule has 0 fully saturated rings. The quantitative estimate of drug-likeness (QED) is 0.464. The van der Waals surface area contributed by atoms with Crippen LogP contribution in [0, 0.1) is 0 Å². The minimum Gasteiger partial charge on any atom is -0.508 e. The zero-order valence-electron chi connectivity index (χ0n) is 18.1. The van der Waals surface area contributed by atoms with E-state index in [4.69, 9.17) is 11.6 Å². The van der Waals surface area contributed by atoms with Gasteiger partial charge in [-0.05, 0) is 53.1 Å². The maximum absolute atomic E-state index is 13.7. The van der Waals surface area contributed by atoms with Crippen molar-refractivity contribution in [3.05, 3.63) is 117 Å². The molecule has 1 aliphatic rings. The number of benzene rings is 2. The fourth-order valence-electron chi connectivity index (χ4n) is 4.54. The van der Waals surface area contributed by atoms with E-state index in [9.17, 15) is 9.90 Å². The van der Waals surface area contributed by atoms with Crippen LogP contribution in [-0.2, 0) is 26.1 Å². The lowest BCUT2D eigenvalue weighted by Crippen LogP contribution is -2.36. The summed E-state index contributed by atoms with van der Waals surface area (Å²) in [7, 11) is 0. The zero-order valence-corrected chi connectivity index (χ0v) is 18.9. The maximum atomic E-state index is 13.7. The summed E-state index contributed by atoms with van der Waals surface area (Å²) in [6.07, 6.45) is 4.28. The van der Waals surface area contributed by atoms with Crippen LogP contribution in [0.4, 0.5) is 0 Å². The molecular weight excluding hydrogens is 434 g/mol. The van der Waals surface area contributed by atoms with Crippen molar-refractivity contribution < 1.29 is 5.11 Å². The summed E-state index contributed by atoms with van der Waals surface area (Å²) in [5, 5.41) is 10.4. The van der Waals surface area contributed by atoms with Crippen LogP contribution in [-0.4, -0.2) is 26.1 Å². The number of hydrogen-bond donors (Lipinski definition) is 1. The first-order chi connectivity index (χ1) is 16.1. The first-order valence-corrected chi connectivity index (χ1v) is 11.4. The molecule has 0 aliphatic carbocycles. The molecule has 33 heavy (non-hydrogen) atoms. The van der Waals surface area contributed by atoms with Gasteiger partial charge in [0.1, 0.15) is 5.75 Å². The van der Waals surface area contributed by atoms with Gasteiger partial charge in [0, 0.05) is 60.3 Å². The van der Waals surface area contributed by atoms with E-state index in [-0.39, 0.29) is 11.3 Å². The molecule has 5 rings (SSSR count). The number of halogens is 1. The molecule has 0 radical (unpaired) electrons. The van der Waals surface area contributed by atoms with Gasteiger partial charge >= 0.3 is 0 Å². The van der Waals surface area contributed by atoms with E-state index in [0.717, 1.165) is 54.0 Å². The highest BCUT2D eigenvalue weighted by molar-refractivity contribution is 6.33. The Balaban J connectivity index is 1.57. The molecule has 0 saturated heterocycles. The predicted octanol–water partition coefficient (Wildman–Crippen LogP) is 4.88. The minimum absolute atomic E-state index is 0.0277. The zero-order chi connectivity index (χ0) is 22.8. The molecule has 0 atom stereocenters. The van der Waals surface area contributed by atoms with E-state index in [1.165, 1.54) is 0 Å². The Morgan fingerprint density at radius 3 is 2.52 bits per heavy atom. The first-order valence-electron chi connectivity index (χ1n) is 11.0. The molecular formula is C27H24ClN3O2. The second kappa shape index (κ2) is 9.22. The summed E-state index contributed by atoms with van der Waals surface area (Å²) in [6.45, 7) is 2.79. The number of pyridine rings is 2. The molecule has 166 valence electrons. The highest BCUT2D eigenvalue weighted by atomic mass is 35.5. The van der Waals surface area contributed by atoms with Crippen molar-refractivity contribution >= 4 is 11.6 Å². The molecule has 3 heterocycles. The Bertz CT molecular complexity index is 1350. The molecule has 0 spiro atoms. The van der Waals surface area contributed by atoms with E-state index in [1.807, 2.05) is 59.2 Å². The van der Waals surface area contributed by atoms with Crippen molar-refractivity contribution in [1.29, 1.82) is 0 Å². The largest absolute Gasteiger partial charge is 0.508 e. The summed E-state index contributed by atoms with van der Waals surface area (Å²) >= 11 is 6.49. The average molecular weight is 458 g/mol. The molecule has 0 bridgehead atoms. The smallest absolute Gasteiger partial charge is 0.259 e. The van der Waals surface area contributed by atoms with Gasteiger partial charge in [0.15, 0.2) is 0 Å². The van der Waals surface area contributed by atoms with Crippen LogP contribution in [0.25, 0.3) is 11.1 Å². The number of aromatic nitrogens is 2. The van der Waals surface area contributed by atoms with Gasteiger partial charge in [0.05, 0.1) is 6.54 Å². The standard InChI is InChI=1S/C27H24ClN3O2/c28-25-7-2-1-6-23(25)24-15-21-18-30(16-20-4-3-5-22(32)14-20)13-10-26(21)31(27(24)33)17-19-8-11-29-12-9-19/h1-9,11-12,14-15,32H,10,13,16-18H2. The van der Waals surface area contributed by atoms with E-state index in [1.54, 1.807) is 24.5 Å². The van der Waals surface area contributed by atoms with Gasteiger partial charge in [-0.25, -0.2) is 0 Å². The third-order valence-corrected chi connectivity index (χ3v) is 6.45. The van der Waals surface area contributed by atoms with Crippen LogP contribution >= 0.6 is 11.6 Å². The highest BCUT2D eigenvalue weighted by Crippen LogP contribution is 2.29. The fraction of sp³-hybridized carbons (Fsp3) is 0.185. The van der Waals surface area contributed by atoms with E-state index in [0.29, 0.717) is 17.1 Å². The van der Waals surface area contributed by atoms with E-state index in [2.05, 4.69) is 9.88 Å². The molecule has 1 N–H and O–H groups in total. The second-order valence-corrected chi connectivity index (χ2v) is 8.79. The molecule has 2 aromatic carbocycles. The Kier molecular flexibility index (Phi) is 5.99. The van der Waals surface area contributed by atoms with Gasteiger partial charge in [-0.15, -0.1) is 0 Å². The molecule has 2 aromatic heterocycles. The van der Waals surface area contributed by atoms with Crippen molar-refractivity contribution in [1.82, 2.24) is 14.5 Å². The Labute approximate surface area is 197 Å². The lowest BCUT2D eigenvalue weighted by atomic mass is 9.98. The summed E-state index contributed by atoms with van der Waals surface area (Å²) in [5.41, 5.74) is 5.64. The van der Waals surface area contributed by atoms with Gasteiger partial charge in [0.2, 0.25) is 0 Å². The summed E-state index contributed by atoms with van der Waals surface area (Å²) < 4.78 is 1.90. The van der Waals surface area contributed by atoms with E-state index < -0.39 is 0 Å². The van der Waals surface area contributed by atoms with Gasteiger partial charge in [-0.3, -0.25) is 14.7 Å². The van der Waals surface area contributed by atoms with Crippen molar-refractivity contribution in [2.75, 3.05) is 6.54 Å². The average Bonchev–Trinajstić information content (AvgIpc) is 2.82. The Morgan fingerprint density at radius 1 is 0.909 bits per heavy atom. The molecule has 5 nitrogen and oxygen atoms in total. The molecule has 4 aromatic rings. The summed E-state index contributed by atoms with van der Waals surface area (Å²) in [4.78, 5) is 20.1. The number of phenolic OH excluding ortho intramolecular Hbond substituents is 1. The molecule has 6 heteroatoms. The molecule has 1 aliphatic heterocycles. The van der Waals surface area contributed by atoms with Crippen LogP contribution in [0.15, 0.2) is 83.9 Å². The van der Waals surface area contributed by atoms with Crippen LogP contribution < -0.4 is 5.56 Å². The summed E-state index contributed by atoms with van der Waals surface area (Å²) in [5.74, 6) is 0.275.